The van der Waals surface area contributed by atoms with Crippen LogP contribution in [0.2, 0.25) is 0 Å². The quantitative estimate of drug-likeness (QED) is 0.768. The summed E-state index contributed by atoms with van der Waals surface area (Å²) in [7, 11) is 0. The summed E-state index contributed by atoms with van der Waals surface area (Å²) in [5.41, 5.74) is 8.73. The van der Waals surface area contributed by atoms with E-state index in [1.165, 1.54) is 0 Å². The summed E-state index contributed by atoms with van der Waals surface area (Å²) < 4.78 is 5.66. The molecular weight excluding hydrogens is 228 g/mol. The molecule has 2 aliphatic heterocycles. The van der Waals surface area contributed by atoms with Crippen LogP contribution in [0.5, 0.6) is 0 Å². The Bertz CT molecular complexity index is 487. The molecule has 1 aromatic rings. The van der Waals surface area contributed by atoms with Gasteiger partial charge in [-0.25, -0.2) is 0 Å². The minimum Gasteiger partial charge on any atom is -0.397 e. The third-order valence-electron chi connectivity index (χ3n) is 3.80. The Labute approximate surface area is 107 Å². The lowest BCUT2D eigenvalue weighted by atomic mass is 10.1. The minimum atomic E-state index is -0.287. The molecule has 1 saturated heterocycles. The highest BCUT2D eigenvalue weighted by Gasteiger charge is 2.35. The maximum Gasteiger partial charge on any atom is 0.256 e. The second kappa shape index (κ2) is 4.28. The number of amides is 1. The Balaban J connectivity index is 1.86. The fourth-order valence-electron chi connectivity index (χ4n) is 2.86. The van der Waals surface area contributed by atoms with Gasteiger partial charge < -0.3 is 15.4 Å². The summed E-state index contributed by atoms with van der Waals surface area (Å²) in [4.78, 5) is 14.3. The molecule has 96 valence electrons. The van der Waals surface area contributed by atoms with Crippen LogP contribution in [0.25, 0.3) is 0 Å². The van der Waals surface area contributed by atoms with Crippen molar-refractivity contribution >= 4 is 17.3 Å². The number of nitrogens with two attached hydrogens (primary N) is 1. The van der Waals surface area contributed by atoms with Gasteiger partial charge in [0.25, 0.3) is 5.91 Å². The summed E-state index contributed by atoms with van der Waals surface area (Å²) in [5, 5.41) is 0. The van der Waals surface area contributed by atoms with Crippen molar-refractivity contribution in [1.82, 2.24) is 0 Å². The van der Waals surface area contributed by atoms with Crippen LogP contribution in [0, 0.1) is 0 Å². The number of para-hydroxylation sites is 1. The Hall–Kier alpha value is -1.55. The number of rotatable bonds is 1. The molecule has 0 saturated carbocycles. The van der Waals surface area contributed by atoms with Gasteiger partial charge in [-0.15, -0.1) is 0 Å². The van der Waals surface area contributed by atoms with E-state index in [-0.39, 0.29) is 18.1 Å². The van der Waals surface area contributed by atoms with Gasteiger partial charge in [0.1, 0.15) is 6.10 Å². The lowest BCUT2D eigenvalue weighted by molar-refractivity contribution is -0.128. The van der Waals surface area contributed by atoms with Crippen molar-refractivity contribution < 1.29 is 9.53 Å². The second-order valence-electron chi connectivity index (χ2n) is 5.11. The number of carbonyl (C=O) groups is 1. The SMILES string of the molecule is CC1CCC(C(=O)N2CCc3cccc(N)c32)O1. The first-order valence-electron chi connectivity index (χ1n) is 6.51. The lowest BCUT2D eigenvalue weighted by Crippen LogP contribution is -2.38. The highest BCUT2D eigenvalue weighted by molar-refractivity contribution is 6.01. The van der Waals surface area contributed by atoms with Crippen LogP contribution in [-0.2, 0) is 16.0 Å². The standard InChI is InChI=1S/C14H18N2O2/c1-9-5-6-12(18-9)14(17)16-8-7-10-3-2-4-11(15)13(10)16/h2-4,9,12H,5-8,15H2,1H3. The molecule has 2 aliphatic rings. The lowest BCUT2D eigenvalue weighted by Gasteiger charge is -2.22. The van der Waals surface area contributed by atoms with Gasteiger partial charge in [0.15, 0.2) is 0 Å². The van der Waals surface area contributed by atoms with E-state index in [1.54, 1.807) is 4.90 Å². The molecule has 2 heterocycles. The Morgan fingerprint density at radius 3 is 3.00 bits per heavy atom. The molecule has 4 nitrogen and oxygen atoms in total. The summed E-state index contributed by atoms with van der Waals surface area (Å²) in [6.45, 7) is 2.73. The molecule has 0 radical (unpaired) electrons. The Morgan fingerprint density at radius 1 is 1.44 bits per heavy atom. The van der Waals surface area contributed by atoms with E-state index in [1.807, 2.05) is 25.1 Å². The molecule has 1 aromatic carbocycles. The molecule has 18 heavy (non-hydrogen) atoms. The van der Waals surface area contributed by atoms with Crippen LogP contribution in [-0.4, -0.2) is 24.7 Å². The zero-order valence-electron chi connectivity index (χ0n) is 10.6. The van der Waals surface area contributed by atoms with Crippen molar-refractivity contribution in [3.05, 3.63) is 23.8 Å². The molecule has 0 aromatic heterocycles. The summed E-state index contributed by atoms with van der Waals surface area (Å²) in [6, 6.07) is 5.83. The smallest absolute Gasteiger partial charge is 0.256 e. The van der Waals surface area contributed by atoms with Crippen molar-refractivity contribution in [3.63, 3.8) is 0 Å². The van der Waals surface area contributed by atoms with Crippen LogP contribution in [0.3, 0.4) is 0 Å². The molecule has 4 heteroatoms. The van der Waals surface area contributed by atoms with Gasteiger partial charge in [0.2, 0.25) is 0 Å². The predicted molar refractivity (Wildman–Crippen MR) is 70.5 cm³/mol. The van der Waals surface area contributed by atoms with Crippen LogP contribution in [0.1, 0.15) is 25.3 Å². The van der Waals surface area contributed by atoms with Crippen molar-refractivity contribution in [1.29, 1.82) is 0 Å². The number of benzene rings is 1. The zero-order chi connectivity index (χ0) is 12.7. The highest BCUT2D eigenvalue weighted by atomic mass is 16.5. The van der Waals surface area contributed by atoms with Crippen molar-refractivity contribution in [3.8, 4) is 0 Å². The Kier molecular flexibility index (Phi) is 2.74. The third kappa shape index (κ3) is 1.77. The van der Waals surface area contributed by atoms with E-state index in [2.05, 4.69) is 0 Å². The maximum atomic E-state index is 12.5. The summed E-state index contributed by atoms with van der Waals surface area (Å²) in [6.07, 6.45) is 2.56. The number of ether oxygens (including phenoxy) is 1. The van der Waals surface area contributed by atoms with Crippen molar-refractivity contribution in [2.75, 3.05) is 17.2 Å². The van der Waals surface area contributed by atoms with Gasteiger partial charge in [-0.2, -0.15) is 0 Å². The molecule has 0 spiro atoms. The van der Waals surface area contributed by atoms with E-state index in [9.17, 15) is 4.79 Å². The molecule has 3 rings (SSSR count). The summed E-state index contributed by atoms with van der Waals surface area (Å²) >= 11 is 0. The fourth-order valence-corrected chi connectivity index (χ4v) is 2.86. The minimum absolute atomic E-state index is 0.0657. The predicted octanol–water partition coefficient (Wildman–Crippen LogP) is 1.73. The molecule has 0 bridgehead atoms. The van der Waals surface area contributed by atoms with E-state index < -0.39 is 0 Å². The number of nitrogens with zero attached hydrogens (tertiary/aromatic N) is 1. The van der Waals surface area contributed by atoms with E-state index in [0.717, 1.165) is 37.1 Å². The van der Waals surface area contributed by atoms with Gasteiger partial charge in [0.05, 0.1) is 17.5 Å². The molecule has 1 amide bonds. The van der Waals surface area contributed by atoms with Gasteiger partial charge in [-0.05, 0) is 37.8 Å². The van der Waals surface area contributed by atoms with Gasteiger partial charge in [0, 0.05) is 6.54 Å². The third-order valence-corrected chi connectivity index (χ3v) is 3.80. The topological polar surface area (TPSA) is 55.6 Å². The number of anilines is 2. The van der Waals surface area contributed by atoms with E-state index in [4.69, 9.17) is 10.5 Å². The monoisotopic (exact) mass is 246 g/mol. The first-order valence-corrected chi connectivity index (χ1v) is 6.51. The number of hydrogen-bond donors (Lipinski definition) is 1. The van der Waals surface area contributed by atoms with Crippen LogP contribution >= 0.6 is 0 Å². The van der Waals surface area contributed by atoms with Gasteiger partial charge in [-0.1, -0.05) is 12.1 Å². The molecule has 2 N–H and O–H groups in total. The molecular formula is C14H18N2O2. The van der Waals surface area contributed by atoms with Gasteiger partial charge in [-0.3, -0.25) is 4.79 Å². The highest BCUT2D eigenvalue weighted by Crippen LogP contribution is 2.35. The van der Waals surface area contributed by atoms with Gasteiger partial charge >= 0.3 is 0 Å². The molecule has 0 aliphatic carbocycles. The number of carbonyl (C=O) groups excluding carboxylic acids is 1. The molecule has 2 atom stereocenters. The summed E-state index contributed by atoms with van der Waals surface area (Å²) in [5.74, 6) is 0.0657. The Morgan fingerprint density at radius 2 is 2.28 bits per heavy atom. The number of nitrogen functional groups attached to an aromatic ring is 1. The van der Waals surface area contributed by atoms with Crippen LogP contribution in [0.15, 0.2) is 18.2 Å². The zero-order valence-corrected chi connectivity index (χ0v) is 10.6. The largest absolute Gasteiger partial charge is 0.397 e. The van der Waals surface area contributed by atoms with Crippen LogP contribution in [0.4, 0.5) is 11.4 Å². The molecule has 1 fully saturated rings. The second-order valence-corrected chi connectivity index (χ2v) is 5.11. The van der Waals surface area contributed by atoms with Crippen LogP contribution < -0.4 is 10.6 Å². The molecule has 2 unspecified atom stereocenters. The first-order chi connectivity index (χ1) is 8.66. The van der Waals surface area contributed by atoms with E-state index in [0.29, 0.717) is 5.69 Å². The normalized spacial score (nSPS) is 26.4. The number of hydrogen-bond acceptors (Lipinski definition) is 3. The van der Waals surface area contributed by atoms with Crippen molar-refractivity contribution in [2.24, 2.45) is 0 Å². The maximum absolute atomic E-state index is 12.5. The first kappa shape index (κ1) is 11.5. The van der Waals surface area contributed by atoms with E-state index >= 15 is 0 Å². The average molecular weight is 246 g/mol. The van der Waals surface area contributed by atoms with Crippen molar-refractivity contribution in [2.45, 2.75) is 38.4 Å². The number of fused-ring (bicyclic) bond motifs is 1. The fraction of sp³-hybridized carbons (Fsp3) is 0.500. The average Bonchev–Trinajstić information content (AvgIpc) is 2.95.